The molecular weight excluding hydrogens is 372 g/mol. The Morgan fingerprint density at radius 3 is 2.50 bits per heavy atom. The molecular formula is C16H14BrClO4. The maximum atomic E-state index is 11.8. The highest BCUT2D eigenvalue weighted by atomic mass is 79.9. The number of hydrogen-bond acceptors (Lipinski definition) is 4. The molecule has 116 valence electrons. The third kappa shape index (κ3) is 4.73. The second-order valence-electron chi connectivity index (χ2n) is 4.41. The van der Waals surface area contributed by atoms with Crippen molar-refractivity contribution in [2.45, 2.75) is 6.61 Å². The van der Waals surface area contributed by atoms with Gasteiger partial charge in [-0.05, 0) is 51.8 Å². The summed E-state index contributed by atoms with van der Waals surface area (Å²) >= 11 is 9.18. The van der Waals surface area contributed by atoms with E-state index >= 15 is 0 Å². The van der Waals surface area contributed by atoms with Crippen molar-refractivity contribution in [2.24, 2.45) is 0 Å². The first-order chi connectivity index (χ1) is 10.6. The van der Waals surface area contributed by atoms with Gasteiger partial charge in [-0.1, -0.05) is 23.7 Å². The zero-order valence-electron chi connectivity index (χ0n) is 11.6. The van der Waals surface area contributed by atoms with Crippen molar-refractivity contribution in [3.05, 3.63) is 63.1 Å². The quantitative estimate of drug-likeness (QED) is 0.606. The maximum absolute atomic E-state index is 11.8. The van der Waals surface area contributed by atoms with E-state index in [1.165, 1.54) is 0 Å². The van der Waals surface area contributed by atoms with Crippen molar-refractivity contribution in [2.75, 3.05) is 13.2 Å². The number of aliphatic hydroxyl groups excluding tert-OH is 1. The third-order valence-corrected chi connectivity index (χ3v) is 3.69. The summed E-state index contributed by atoms with van der Waals surface area (Å²) < 4.78 is 11.4. The van der Waals surface area contributed by atoms with Crippen LogP contribution >= 0.6 is 27.5 Å². The zero-order valence-corrected chi connectivity index (χ0v) is 13.9. The summed E-state index contributed by atoms with van der Waals surface area (Å²) in [5.41, 5.74) is 1.18. The van der Waals surface area contributed by atoms with E-state index in [2.05, 4.69) is 15.9 Å². The molecule has 0 amide bonds. The molecule has 0 atom stereocenters. The standard InChI is InChI=1S/C16H14BrClO4/c17-14-9-13(18)5-6-15(14)21-7-8-22-16(20)12-3-1-11(10-19)2-4-12/h1-6,9,19H,7-8,10H2. The molecule has 0 radical (unpaired) electrons. The molecule has 22 heavy (non-hydrogen) atoms. The molecule has 0 bridgehead atoms. The number of benzene rings is 2. The van der Waals surface area contributed by atoms with E-state index in [0.29, 0.717) is 16.3 Å². The Labute approximate surface area is 141 Å². The van der Waals surface area contributed by atoms with Crippen LogP contribution in [0.4, 0.5) is 0 Å². The number of ether oxygens (including phenoxy) is 2. The lowest BCUT2D eigenvalue weighted by atomic mass is 10.1. The summed E-state index contributed by atoms with van der Waals surface area (Å²) in [6, 6.07) is 11.8. The largest absolute Gasteiger partial charge is 0.489 e. The van der Waals surface area contributed by atoms with Gasteiger partial charge in [-0.2, -0.15) is 0 Å². The van der Waals surface area contributed by atoms with Gasteiger partial charge in [-0.25, -0.2) is 4.79 Å². The number of esters is 1. The van der Waals surface area contributed by atoms with Gasteiger partial charge in [-0.3, -0.25) is 0 Å². The summed E-state index contributed by atoms with van der Waals surface area (Å²) in [4.78, 5) is 11.8. The molecule has 2 rings (SSSR count). The second-order valence-corrected chi connectivity index (χ2v) is 5.70. The van der Waals surface area contributed by atoms with Gasteiger partial charge in [0.15, 0.2) is 0 Å². The molecule has 0 saturated heterocycles. The first kappa shape index (κ1) is 16.8. The molecule has 6 heteroatoms. The topological polar surface area (TPSA) is 55.8 Å². The van der Waals surface area contributed by atoms with Crippen LogP contribution in [-0.4, -0.2) is 24.3 Å². The molecule has 0 aliphatic carbocycles. The van der Waals surface area contributed by atoms with Crippen LogP contribution < -0.4 is 4.74 Å². The minimum atomic E-state index is -0.428. The molecule has 0 fully saturated rings. The Morgan fingerprint density at radius 2 is 1.86 bits per heavy atom. The predicted molar refractivity (Wildman–Crippen MR) is 87.3 cm³/mol. The fraction of sp³-hybridized carbons (Fsp3) is 0.188. The lowest BCUT2D eigenvalue weighted by molar-refractivity contribution is 0.0450. The Hall–Kier alpha value is -1.56. The summed E-state index contributed by atoms with van der Waals surface area (Å²) in [5.74, 6) is 0.205. The van der Waals surface area contributed by atoms with Gasteiger partial charge in [0.2, 0.25) is 0 Å². The van der Waals surface area contributed by atoms with E-state index in [9.17, 15) is 4.79 Å². The van der Waals surface area contributed by atoms with Crippen LogP contribution in [0.2, 0.25) is 5.02 Å². The van der Waals surface area contributed by atoms with Gasteiger partial charge < -0.3 is 14.6 Å². The Balaban J connectivity index is 1.79. The molecule has 4 nitrogen and oxygen atoms in total. The van der Waals surface area contributed by atoms with E-state index in [-0.39, 0.29) is 19.8 Å². The molecule has 0 aromatic heterocycles. The molecule has 0 unspecified atom stereocenters. The molecule has 2 aromatic rings. The smallest absolute Gasteiger partial charge is 0.338 e. The number of rotatable bonds is 6. The van der Waals surface area contributed by atoms with Crippen LogP contribution in [0.3, 0.4) is 0 Å². The minimum Gasteiger partial charge on any atom is -0.489 e. The van der Waals surface area contributed by atoms with Crippen molar-refractivity contribution < 1.29 is 19.4 Å². The van der Waals surface area contributed by atoms with Gasteiger partial charge in [-0.15, -0.1) is 0 Å². The fourth-order valence-electron chi connectivity index (χ4n) is 1.71. The first-order valence-corrected chi connectivity index (χ1v) is 7.72. The van der Waals surface area contributed by atoms with Crippen molar-refractivity contribution in [3.8, 4) is 5.75 Å². The van der Waals surface area contributed by atoms with Crippen molar-refractivity contribution in [1.29, 1.82) is 0 Å². The lowest BCUT2D eigenvalue weighted by Crippen LogP contribution is -2.12. The van der Waals surface area contributed by atoms with E-state index in [0.717, 1.165) is 10.0 Å². The highest BCUT2D eigenvalue weighted by Gasteiger charge is 2.07. The number of hydrogen-bond donors (Lipinski definition) is 1. The first-order valence-electron chi connectivity index (χ1n) is 6.55. The Bertz CT molecular complexity index is 643. The zero-order chi connectivity index (χ0) is 15.9. The van der Waals surface area contributed by atoms with Crippen LogP contribution in [0.15, 0.2) is 46.9 Å². The van der Waals surface area contributed by atoms with Crippen LogP contribution in [-0.2, 0) is 11.3 Å². The highest BCUT2D eigenvalue weighted by molar-refractivity contribution is 9.10. The lowest BCUT2D eigenvalue weighted by Gasteiger charge is -2.09. The highest BCUT2D eigenvalue weighted by Crippen LogP contribution is 2.27. The third-order valence-electron chi connectivity index (χ3n) is 2.84. The van der Waals surface area contributed by atoms with Crippen molar-refractivity contribution >= 4 is 33.5 Å². The van der Waals surface area contributed by atoms with Crippen LogP contribution in [0.5, 0.6) is 5.75 Å². The molecule has 0 heterocycles. The molecule has 0 aliphatic rings. The Morgan fingerprint density at radius 1 is 1.14 bits per heavy atom. The molecule has 2 aromatic carbocycles. The van der Waals surface area contributed by atoms with Crippen LogP contribution in [0.1, 0.15) is 15.9 Å². The van der Waals surface area contributed by atoms with Gasteiger partial charge in [0.1, 0.15) is 19.0 Å². The Kier molecular flexibility index (Phi) is 6.24. The average Bonchev–Trinajstić information content (AvgIpc) is 2.53. The number of halogens is 2. The minimum absolute atomic E-state index is 0.0564. The van der Waals surface area contributed by atoms with Gasteiger partial charge in [0, 0.05) is 5.02 Å². The number of carbonyl (C=O) groups is 1. The summed E-state index contributed by atoms with van der Waals surface area (Å²) in [5, 5.41) is 9.55. The second kappa shape index (κ2) is 8.17. The van der Waals surface area contributed by atoms with Gasteiger partial charge in [0.25, 0.3) is 0 Å². The van der Waals surface area contributed by atoms with Gasteiger partial charge in [0.05, 0.1) is 16.6 Å². The number of carbonyl (C=O) groups excluding carboxylic acids is 1. The van der Waals surface area contributed by atoms with Gasteiger partial charge >= 0.3 is 5.97 Å². The fourth-order valence-corrected chi connectivity index (χ4v) is 2.50. The summed E-state index contributed by atoms with van der Waals surface area (Å²) in [6.45, 7) is 0.315. The summed E-state index contributed by atoms with van der Waals surface area (Å²) in [7, 11) is 0. The molecule has 1 N–H and O–H groups in total. The average molecular weight is 386 g/mol. The summed E-state index contributed by atoms with van der Waals surface area (Å²) in [6.07, 6.45) is 0. The van der Waals surface area contributed by atoms with E-state index in [1.54, 1.807) is 42.5 Å². The van der Waals surface area contributed by atoms with Crippen molar-refractivity contribution in [1.82, 2.24) is 0 Å². The molecule has 0 spiro atoms. The molecule has 0 aliphatic heterocycles. The monoisotopic (exact) mass is 384 g/mol. The predicted octanol–water partition coefficient (Wildman–Crippen LogP) is 3.83. The van der Waals surface area contributed by atoms with E-state index in [1.807, 2.05) is 0 Å². The van der Waals surface area contributed by atoms with Crippen LogP contribution in [0.25, 0.3) is 0 Å². The van der Waals surface area contributed by atoms with E-state index < -0.39 is 5.97 Å². The SMILES string of the molecule is O=C(OCCOc1ccc(Cl)cc1Br)c1ccc(CO)cc1. The number of aliphatic hydroxyl groups is 1. The van der Waals surface area contributed by atoms with E-state index in [4.69, 9.17) is 26.2 Å². The maximum Gasteiger partial charge on any atom is 0.338 e. The normalized spacial score (nSPS) is 10.3. The molecule has 0 saturated carbocycles. The van der Waals surface area contributed by atoms with Crippen molar-refractivity contribution in [3.63, 3.8) is 0 Å². The van der Waals surface area contributed by atoms with Crippen LogP contribution in [0, 0.1) is 0 Å².